The molecule has 0 fully saturated rings. The number of nitrogens with zero attached hydrogens (tertiary/aromatic N) is 3. The number of nitriles is 1. The molecule has 0 bridgehead atoms. The van der Waals surface area contributed by atoms with Crippen LogP contribution in [0.2, 0.25) is 5.02 Å². The number of rotatable bonds is 5. The molecule has 11 heteroatoms. The minimum atomic E-state index is -4.96. The number of hydrogen-bond donors (Lipinski definition) is 1. The van der Waals surface area contributed by atoms with Crippen LogP contribution in [0.25, 0.3) is 0 Å². The van der Waals surface area contributed by atoms with E-state index in [0.29, 0.717) is 10.4 Å². The van der Waals surface area contributed by atoms with Crippen molar-refractivity contribution in [3.8, 4) is 6.07 Å². The van der Waals surface area contributed by atoms with Gasteiger partial charge in [-0.3, -0.25) is 4.98 Å². The average Bonchev–Trinajstić information content (AvgIpc) is 2.61. The first-order chi connectivity index (χ1) is 12.5. The van der Waals surface area contributed by atoms with Gasteiger partial charge in [0.2, 0.25) is 0 Å². The Balaban J connectivity index is 2.64. The van der Waals surface area contributed by atoms with E-state index in [-0.39, 0.29) is 15.5 Å². The second kappa shape index (κ2) is 7.80. The second-order valence-electron chi connectivity index (χ2n) is 5.40. The zero-order chi connectivity index (χ0) is 20.4. The summed E-state index contributed by atoms with van der Waals surface area (Å²) < 4.78 is 76.7. The first-order valence-corrected chi connectivity index (χ1v) is 9.34. The van der Waals surface area contributed by atoms with Crippen molar-refractivity contribution in [3.63, 3.8) is 0 Å². The van der Waals surface area contributed by atoms with E-state index >= 15 is 0 Å². The molecule has 5 nitrogen and oxygen atoms in total. The van der Waals surface area contributed by atoms with Crippen LogP contribution in [0.15, 0.2) is 41.6 Å². The molecule has 0 radical (unpaired) electrons. The Morgan fingerprint density at radius 1 is 1.37 bits per heavy atom. The van der Waals surface area contributed by atoms with Crippen LogP contribution in [-0.2, 0) is 9.92 Å². The van der Waals surface area contributed by atoms with E-state index in [0.717, 1.165) is 30.6 Å². The molecule has 0 unspecified atom stereocenters. The molecule has 27 heavy (non-hydrogen) atoms. The van der Waals surface area contributed by atoms with Crippen molar-refractivity contribution in [2.45, 2.75) is 24.0 Å². The summed E-state index contributed by atoms with van der Waals surface area (Å²) in [7, 11) is -4.19. The third-order valence-corrected chi connectivity index (χ3v) is 5.96. The zero-order valence-electron chi connectivity index (χ0n) is 13.8. The highest BCUT2D eigenvalue weighted by Crippen LogP contribution is 2.41. The van der Waals surface area contributed by atoms with Crippen molar-refractivity contribution in [1.29, 1.82) is 10.0 Å². The number of pyridine rings is 1. The molecular formula is C16H13ClF4N4OS. The normalized spacial score (nSPS) is 15.2. The highest BCUT2D eigenvalue weighted by molar-refractivity contribution is 7.90. The fourth-order valence-corrected chi connectivity index (χ4v) is 4.26. The predicted molar refractivity (Wildman–Crippen MR) is 90.7 cm³/mol. The molecule has 1 heterocycles. The third-order valence-electron chi connectivity index (χ3n) is 3.66. The topological polar surface area (TPSA) is 80.8 Å². The van der Waals surface area contributed by atoms with Crippen molar-refractivity contribution in [2.75, 3.05) is 6.54 Å². The molecule has 2 atom stereocenters. The van der Waals surface area contributed by atoms with Gasteiger partial charge in [-0.15, -0.1) is 0 Å². The lowest BCUT2D eigenvalue weighted by molar-refractivity contribution is -0.173. The summed E-state index contributed by atoms with van der Waals surface area (Å²) in [5, 5.41) is 8.54. The van der Waals surface area contributed by atoms with Crippen LogP contribution in [0.3, 0.4) is 0 Å². The third kappa shape index (κ3) is 4.37. The number of benzene rings is 1. The average molecular weight is 421 g/mol. The fourth-order valence-electron chi connectivity index (χ4n) is 2.48. The maximum Gasteiger partial charge on any atom is 0.409 e. The molecule has 0 aliphatic carbocycles. The van der Waals surface area contributed by atoms with Crippen LogP contribution in [0.1, 0.15) is 24.1 Å². The zero-order valence-corrected chi connectivity index (χ0v) is 15.4. The lowest BCUT2D eigenvalue weighted by atomic mass is 10.1. The predicted octanol–water partition coefficient (Wildman–Crippen LogP) is 4.69. The minimum absolute atomic E-state index is 0.0513. The first kappa shape index (κ1) is 21.1. The molecule has 0 saturated carbocycles. The maximum absolute atomic E-state index is 13.8. The molecule has 2 rings (SSSR count). The van der Waals surface area contributed by atoms with Gasteiger partial charge in [-0.2, -0.15) is 22.7 Å². The SMILES string of the molecule is CCN([C@H](c1ccc(Cl)c(F)c1)C(F)(F)F)[S@](=N)(=O)c1cncc(C#N)c1. The molecule has 0 amide bonds. The van der Waals surface area contributed by atoms with Crippen molar-refractivity contribution in [2.24, 2.45) is 0 Å². The van der Waals surface area contributed by atoms with E-state index in [1.54, 1.807) is 6.07 Å². The molecule has 1 aromatic carbocycles. The molecule has 0 spiro atoms. The molecule has 1 N–H and O–H groups in total. The summed E-state index contributed by atoms with van der Waals surface area (Å²) >= 11 is 5.53. The Labute approximate surface area is 158 Å². The Morgan fingerprint density at radius 3 is 2.56 bits per heavy atom. The van der Waals surface area contributed by atoms with Gasteiger partial charge in [0.25, 0.3) is 0 Å². The van der Waals surface area contributed by atoms with E-state index in [4.69, 9.17) is 21.6 Å². The molecule has 1 aromatic heterocycles. The first-order valence-electron chi connectivity index (χ1n) is 7.44. The highest BCUT2D eigenvalue weighted by atomic mass is 35.5. The molecule has 2 aromatic rings. The van der Waals surface area contributed by atoms with Gasteiger partial charge in [-0.05, 0) is 23.8 Å². The van der Waals surface area contributed by atoms with Gasteiger partial charge in [-0.1, -0.05) is 24.6 Å². The maximum atomic E-state index is 13.8. The van der Waals surface area contributed by atoms with Gasteiger partial charge >= 0.3 is 6.18 Å². The summed E-state index contributed by atoms with van der Waals surface area (Å²) in [6, 6.07) is 2.77. The summed E-state index contributed by atoms with van der Waals surface area (Å²) in [6.07, 6.45) is -2.86. The van der Waals surface area contributed by atoms with E-state index in [9.17, 15) is 21.8 Å². The Morgan fingerprint density at radius 2 is 2.04 bits per heavy atom. The van der Waals surface area contributed by atoms with Gasteiger partial charge in [-0.25, -0.2) is 13.4 Å². The van der Waals surface area contributed by atoms with Crippen LogP contribution < -0.4 is 0 Å². The quantitative estimate of drug-likeness (QED) is 0.712. The molecule has 144 valence electrons. The lowest BCUT2D eigenvalue weighted by Gasteiger charge is -2.33. The van der Waals surface area contributed by atoms with E-state index in [1.165, 1.54) is 6.92 Å². The Bertz CT molecular complexity index is 989. The molecular weight excluding hydrogens is 408 g/mol. The lowest BCUT2D eigenvalue weighted by Crippen LogP contribution is -2.41. The van der Waals surface area contributed by atoms with Crippen molar-refractivity contribution < 1.29 is 21.8 Å². The van der Waals surface area contributed by atoms with E-state index in [2.05, 4.69) is 4.98 Å². The Kier molecular flexibility index (Phi) is 6.09. The monoisotopic (exact) mass is 420 g/mol. The van der Waals surface area contributed by atoms with E-state index < -0.39 is 40.1 Å². The van der Waals surface area contributed by atoms with Crippen molar-refractivity contribution in [3.05, 3.63) is 58.6 Å². The largest absolute Gasteiger partial charge is 0.409 e. The molecule has 0 aliphatic heterocycles. The molecule has 0 saturated heterocycles. The second-order valence-corrected chi connectivity index (χ2v) is 7.80. The van der Waals surface area contributed by atoms with Crippen molar-refractivity contribution in [1.82, 2.24) is 9.29 Å². The number of halogens is 5. The highest BCUT2D eigenvalue weighted by Gasteiger charge is 2.48. The minimum Gasteiger partial charge on any atom is -0.262 e. The van der Waals surface area contributed by atoms with Gasteiger partial charge in [0.15, 0.2) is 0 Å². The van der Waals surface area contributed by atoms with Crippen LogP contribution in [0.5, 0.6) is 0 Å². The smallest absolute Gasteiger partial charge is 0.262 e. The summed E-state index contributed by atoms with van der Waals surface area (Å²) in [5.41, 5.74) is -0.597. The van der Waals surface area contributed by atoms with Gasteiger partial charge < -0.3 is 0 Å². The summed E-state index contributed by atoms with van der Waals surface area (Å²) in [6.45, 7) is 0.855. The van der Waals surface area contributed by atoms with E-state index in [1.807, 2.05) is 0 Å². The number of aromatic nitrogens is 1. The fraction of sp³-hybridized carbons (Fsp3) is 0.250. The van der Waals surface area contributed by atoms with Gasteiger partial charge in [0.1, 0.15) is 27.8 Å². The summed E-state index contributed by atoms with van der Waals surface area (Å²) in [4.78, 5) is 3.30. The van der Waals surface area contributed by atoms with Gasteiger partial charge in [0.05, 0.1) is 15.5 Å². The number of alkyl halides is 3. The standard InChI is InChI=1S/C16H13ClF4N4OS/c1-2-25(27(23,26)12-5-10(7-22)8-24-9-12)15(16(19,20)21)11-3-4-13(17)14(18)6-11/h3-6,8-9,15,23H,2H2,1H3/t15-,27+/m1/s1. The Hall–Kier alpha value is -2.22. The van der Waals surface area contributed by atoms with Crippen LogP contribution in [0, 0.1) is 21.9 Å². The van der Waals surface area contributed by atoms with Gasteiger partial charge in [0, 0.05) is 18.9 Å². The summed E-state index contributed by atoms with van der Waals surface area (Å²) in [5.74, 6) is -1.07. The van der Waals surface area contributed by atoms with Crippen molar-refractivity contribution >= 4 is 21.5 Å². The number of nitrogens with one attached hydrogen (secondary N) is 1. The number of hydrogen-bond acceptors (Lipinski definition) is 4. The van der Waals surface area contributed by atoms with Crippen LogP contribution in [-0.4, -0.2) is 26.2 Å². The van der Waals surface area contributed by atoms with Crippen LogP contribution >= 0.6 is 11.6 Å². The van der Waals surface area contributed by atoms with Crippen LogP contribution in [0.4, 0.5) is 17.6 Å². The molecule has 0 aliphatic rings.